The number of rotatable bonds is 6. The van der Waals surface area contributed by atoms with Gasteiger partial charge in [0, 0.05) is 14.1 Å². The zero-order chi connectivity index (χ0) is 12.7. The van der Waals surface area contributed by atoms with E-state index >= 15 is 0 Å². The molecule has 1 amide bonds. The average molecular weight is 236 g/mol. The van der Waals surface area contributed by atoms with Crippen LogP contribution in [0.2, 0.25) is 0 Å². The number of carbonyl (C=O) groups is 1. The second-order valence-corrected chi connectivity index (χ2v) is 4.08. The van der Waals surface area contributed by atoms with Crippen LogP contribution in [0.1, 0.15) is 12.0 Å². The highest BCUT2D eigenvalue weighted by molar-refractivity contribution is 5.80. The van der Waals surface area contributed by atoms with Gasteiger partial charge in [0.05, 0.1) is 6.73 Å². The third-order valence-electron chi connectivity index (χ3n) is 2.55. The van der Waals surface area contributed by atoms with E-state index in [2.05, 4.69) is 0 Å². The molecule has 0 aliphatic carbocycles. The summed E-state index contributed by atoms with van der Waals surface area (Å²) in [5.74, 6) is -0.0358. The van der Waals surface area contributed by atoms with Crippen molar-refractivity contribution in [2.45, 2.75) is 18.9 Å². The summed E-state index contributed by atoms with van der Waals surface area (Å²) in [7, 11) is 3.44. The van der Waals surface area contributed by atoms with Crippen molar-refractivity contribution in [3.63, 3.8) is 0 Å². The Labute approximate surface area is 102 Å². The minimum atomic E-state index is -0.449. The molecule has 1 unspecified atom stereocenters. The van der Waals surface area contributed by atoms with Crippen LogP contribution in [0.4, 0.5) is 0 Å². The van der Waals surface area contributed by atoms with Crippen molar-refractivity contribution < 1.29 is 9.53 Å². The minimum Gasteiger partial charge on any atom is -0.353 e. The summed E-state index contributed by atoms with van der Waals surface area (Å²) >= 11 is 0. The molecule has 1 rings (SSSR count). The maximum absolute atomic E-state index is 11.8. The number of amides is 1. The van der Waals surface area contributed by atoms with Crippen LogP contribution in [0, 0.1) is 0 Å². The number of benzene rings is 1. The van der Waals surface area contributed by atoms with Crippen molar-refractivity contribution in [3.8, 4) is 0 Å². The number of ether oxygens (including phenoxy) is 1. The normalized spacial score (nSPS) is 12.2. The first kappa shape index (κ1) is 13.7. The summed E-state index contributed by atoms with van der Waals surface area (Å²) in [4.78, 5) is 13.3. The molecular formula is C13H20N2O2. The first-order valence-corrected chi connectivity index (χ1v) is 5.72. The van der Waals surface area contributed by atoms with Crippen molar-refractivity contribution >= 4 is 5.91 Å². The fourth-order valence-corrected chi connectivity index (χ4v) is 1.62. The van der Waals surface area contributed by atoms with Crippen molar-refractivity contribution in [2.24, 2.45) is 5.73 Å². The maximum Gasteiger partial charge on any atom is 0.251 e. The van der Waals surface area contributed by atoms with Gasteiger partial charge in [-0.05, 0) is 18.4 Å². The highest BCUT2D eigenvalue weighted by atomic mass is 16.5. The van der Waals surface area contributed by atoms with E-state index in [1.165, 1.54) is 10.5 Å². The van der Waals surface area contributed by atoms with Crippen LogP contribution >= 0.6 is 0 Å². The van der Waals surface area contributed by atoms with Gasteiger partial charge in [-0.2, -0.15) is 0 Å². The molecule has 0 fully saturated rings. The predicted molar refractivity (Wildman–Crippen MR) is 67.4 cm³/mol. The summed E-state index contributed by atoms with van der Waals surface area (Å²) < 4.78 is 5.27. The van der Waals surface area contributed by atoms with E-state index in [-0.39, 0.29) is 12.6 Å². The Morgan fingerprint density at radius 2 is 2.00 bits per heavy atom. The molecule has 1 aromatic rings. The van der Waals surface area contributed by atoms with Crippen LogP contribution < -0.4 is 5.73 Å². The van der Waals surface area contributed by atoms with E-state index < -0.39 is 6.10 Å². The fourth-order valence-electron chi connectivity index (χ4n) is 1.62. The van der Waals surface area contributed by atoms with E-state index in [1.54, 1.807) is 14.1 Å². The number of carbonyl (C=O) groups excluding carboxylic acids is 1. The summed E-state index contributed by atoms with van der Waals surface area (Å²) in [5.41, 5.74) is 6.54. The Morgan fingerprint density at radius 3 is 2.53 bits per heavy atom. The molecule has 0 radical (unpaired) electrons. The third-order valence-corrected chi connectivity index (χ3v) is 2.55. The van der Waals surface area contributed by atoms with Crippen molar-refractivity contribution in [1.82, 2.24) is 4.90 Å². The SMILES string of the molecule is CN(C)C(=O)C(CCc1ccccc1)OCN. The minimum absolute atomic E-state index is 0.0358. The van der Waals surface area contributed by atoms with E-state index in [0.29, 0.717) is 6.42 Å². The molecule has 0 aromatic heterocycles. The van der Waals surface area contributed by atoms with E-state index in [4.69, 9.17) is 10.5 Å². The third kappa shape index (κ3) is 4.54. The maximum atomic E-state index is 11.8. The monoisotopic (exact) mass is 236 g/mol. The van der Waals surface area contributed by atoms with Crippen LogP contribution in [0.3, 0.4) is 0 Å². The van der Waals surface area contributed by atoms with Gasteiger partial charge in [-0.1, -0.05) is 30.3 Å². The lowest BCUT2D eigenvalue weighted by atomic mass is 10.1. The molecule has 2 N–H and O–H groups in total. The summed E-state index contributed by atoms with van der Waals surface area (Å²) in [6.45, 7) is 0.0685. The molecule has 1 aromatic carbocycles. The average Bonchev–Trinajstić information content (AvgIpc) is 2.34. The number of likely N-dealkylation sites (N-methyl/N-ethyl adjacent to an activating group) is 1. The van der Waals surface area contributed by atoms with E-state index in [0.717, 1.165) is 6.42 Å². The lowest BCUT2D eigenvalue weighted by Crippen LogP contribution is -2.37. The molecule has 94 valence electrons. The Bertz CT molecular complexity index is 339. The predicted octanol–water partition coefficient (Wildman–Crippen LogP) is 1.01. The Morgan fingerprint density at radius 1 is 1.35 bits per heavy atom. The number of aryl methyl sites for hydroxylation is 1. The quantitative estimate of drug-likeness (QED) is 0.750. The smallest absolute Gasteiger partial charge is 0.251 e. The van der Waals surface area contributed by atoms with Crippen LogP contribution in [0.5, 0.6) is 0 Å². The molecule has 0 heterocycles. The molecule has 0 saturated heterocycles. The van der Waals surface area contributed by atoms with Crippen molar-refractivity contribution in [3.05, 3.63) is 35.9 Å². The topological polar surface area (TPSA) is 55.6 Å². The van der Waals surface area contributed by atoms with Gasteiger partial charge in [0.1, 0.15) is 6.10 Å². The Balaban J connectivity index is 2.53. The number of nitrogens with two attached hydrogens (primary N) is 1. The summed E-state index contributed by atoms with van der Waals surface area (Å²) in [6, 6.07) is 10.0. The zero-order valence-electron chi connectivity index (χ0n) is 10.4. The Kier molecular flexibility index (Phi) is 5.66. The first-order chi connectivity index (χ1) is 8.15. The highest BCUT2D eigenvalue weighted by Crippen LogP contribution is 2.08. The lowest BCUT2D eigenvalue weighted by molar-refractivity contribution is -0.141. The highest BCUT2D eigenvalue weighted by Gasteiger charge is 2.20. The zero-order valence-corrected chi connectivity index (χ0v) is 10.4. The number of nitrogens with zero attached hydrogens (tertiary/aromatic N) is 1. The van der Waals surface area contributed by atoms with Gasteiger partial charge >= 0.3 is 0 Å². The van der Waals surface area contributed by atoms with Gasteiger partial charge in [-0.25, -0.2) is 0 Å². The van der Waals surface area contributed by atoms with Gasteiger partial charge in [-0.3, -0.25) is 4.79 Å². The lowest BCUT2D eigenvalue weighted by Gasteiger charge is -2.20. The molecule has 0 spiro atoms. The molecule has 0 aliphatic heterocycles. The first-order valence-electron chi connectivity index (χ1n) is 5.72. The Hall–Kier alpha value is -1.39. The van der Waals surface area contributed by atoms with Gasteiger partial charge in [-0.15, -0.1) is 0 Å². The molecule has 0 aliphatic rings. The van der Waals surface area contributed by atoms with Gasteiger partial charge in [0.25, 0.3) is 5.91 Å². The van der Waals surface area contributed by atoms with Gasteiger partial charge in [0.15, 0.2) is 0 Å². The second-order valence-electron chi connectivity index (χ2n) is 4.08. The molecule has 4 nitrogen and oxygen atoms in total. The standard InChI is InChI=1S/C13H20N2O2/c1-15(2)13(16)12(17-10-14)9-8-11-6-4-3-5-7-11/h3-7,12H,8-10,14H2,1-2H3. The fraction of sp³-hybridized carbons (Fsp3) is 0.462. The summed E-state index contributed by atoms with van der Waals surface area (Å²) in [6.07, 6.45) is 1.01. The van der Waals surface area contributed by atoms with Crippen molar-refractivity contribution in [2.75, 3.05) is 20.8 Å². The molecule has 4 heteroatoms. The van der Waals surface area contributed by atoms with Crippen LogP contribution in [0.25, 0.3) is 0 Å². The molecule has 1 atom stereocenters. The van der Waals surface area contributed by atoms with E-state index in [1.807, 2.05) is 30.3 Å². The van der Waals surface area contributed by atoms with Gasteiger partial charge < -0.3 is 15.4 Å². The van der Waals surface area contributed by atoms with Crippen LogP contribution in [0.15, 0.2) is 30.3 Å². The molecule has 17 heavy (non-hydrogen) atoms. The molecular weight excluding hydrogens is 216 g/mol. The number of hydrogen-bond acceptors (Lipinski definition) is 3. The molecule has 0 saturated carbocycles. The summed E-state index contributed by atoms with van der Waals surface area (Å²) in [5, 5.41) is 0. The largest absolute Gasteiger partial charge is 0.353 e. The van der Waals surface area contributed by atoms with Crippen molar-refractivity contribution in [1.29, 1.82) is 0 Å². The van der Waals surface area contributed by atoms with Gasteiger partial charge in [0.2, 0.25) is 0 Å². The number of hydrogen-bond donors (Lipinski definition) is 1. The van der Waals surface area contributed by atoms with E-state index in [9.17, 15) is 4.79 Å². The molecule has 0 bridgehead atoms. The van der Waals surface area contributed by atoms with Crippen LogP contribution in [-0.4, -0.2) is 37.7 Å². The van der Waals surface area contributed by atoms with Crippen LogP contribution in [-0.2, 0) is 16.0 Å². The second kappa shape index (κ2) is 7.04.